The average molecular weight is 536 g/mol. The average Bonchev–Trinajstić information content (AvgIpc) is 3.49. The molecule has 5 N–H and O–H groups in total. The zero-order valence-electron chi connectivity index (χ0n) is 20.3. The van der Waals surface area contributed by atoms with Crippen LogP contribution in [0.5, 0.6) is 0 Å². The van der Waals surface area contributed by atoms with Crippen LogP contribution in [-0.2, 0) is 11.0 Å². The molecule has 3 amide bonds. The maximum Gasteiger partial charge on any atom is 0.416 e. The van der Waals surface area contributed by atoms with E-state index in [1.165, 1.54) is 0 Å². The van der Waals surface area contributed by atoms with Crippen LogP contribution in [0.15, 0.2) is 72.9 Å². The number of hydrogen-bond acceptors (Lipinski definition) is 3. The molecule has 0 aliphatic carbocycles. The maximum atomic E-state index is 14.0. The summed E-state index contributed by atoms with van der Waals surface area (Å²) in [4.78, 5) is 28.0. The van der Waals surface area contributed by atoms with Gasteiger partial charge in [-0.1, -0.05) is 12.1 Å². The Bertz CT molecular complexity index is 1610. The van der Waals surface area contributed by atoms with Crippen molar-refractivity contribution < 1.29 is 27.2 Å². The maximum absolute atomic E-state index is 14.0. The van der Waals surface area contributed by atoms with Gasteiger partial charge >= 0.3 is 12.2 Å². The van der Waals surface area contributed by atoms with E-state index in [0.717, 1.165) is 11.3 Å². The van der Waals surface area contributed by atoms with Gasteiger partial charge in [-0.15, -0.1) is 0 Å². The number of amides is 3. The van der Waals surface area contributed by atoms with Gasteiger partial charge in [-0.2, -0.15) is 13.2 Å². The molecule has 1 aromatic heterocycles. The highest BCUT2D eigenvalue weighted by atomic mass is 19.4. The van der Waals surface area contributed by atoms with Crippen LogP contribution in [0, 0.1) is 12.7 Å². The van der Waals surface area contributed by atoms with Gasteiger partial charge in [-0.3, -0.25) is 4.79 Å². The van der Waals surface area contributed by atoms with Crippen molar-refractivity contribution in [2.45, 2.75) is 13.1 Å². The van der Waals surface area contributed by atoms with Gasteiger partial charge in [-0.05, 0) is 73.2 Å². The van der Waals surface area contributed by atoms with Crippen LogP contribution in [0.3, 0.4) is 0 Å². The SMILES string of the molecule is Cc1ccc(Nc2ccc3c(c2)NC(=O)C3=Cc2ccc[nH]2)cc1NC(=O)Nc1cc(C(F)(F)F)ccc1F. The van der Waals surface area contributed by atoms with E-state index in [-0.39, 0.29) is 5.91 Å². The standard InChI is InChI=1S/C28H21F4N5O2/c1-15-4-6-18(13-23(15)36-27(39)37-25-11-16(28(30,31)32)5-9-22(25)29)34-19-7-8-20-21(12-17-3-2-10-33-17)26(38)35-24(20)14-19/h2-14,33-34H,1H3,(H,35,38)(H2,36,37,39). The fraction of sp³-hybridized carbons (Fsp3) is 0.0714. The first-order valence-electron chi connectivity index (χ1n) is 11.7. The van der Waals surface area contributed by atoms with Gasteiger partial charge in [0.15, 0.2) is 0 Å². The van der Waals surface area contributed by atoms with E-state index in [1.807, 2.05) is 18.2 Å². The van der Waals surface area contributed by atoms with Crippen LogP contribution < -0.4 is 21.3 Å². The van der Waals surface area contributed by atoms with E-state index >= 15 is 0 Å². The second-order valence-corrected chi connectivity index (χ2v) is 8.82. The van der Waals surface area contributed by atoms with Gasteiger partial charge in [-0.25, -0.2) is 9.18 Å². The molecular weight excluding hydrogens is 514 g/mol. The fourth-order valence-corrected chi connectivity index (χ4v) is 4.08. The molecule has 0 bridgehead atoms. The third kappa shape index (κ3) is 5.61. The molecule has 5 rings (SSSR count). The number of anilines is 5. The Balaban J connectivity index is 1.31. The van der Waals surface area contributed by atoms with Crippen LogP contribution in [0.25, 0.3) is 11.6 Å². The van der Waals surface area contributed by atoms with Crippen LogP contribution in [0.1, 0.15) is 22.4 Å². The van der Waals surface area contributed by atoms with Crippen molar-refractivity contribution in [3.63, 3.8) is 0 Å². The van der Waals surface area contributed by atoms with E-state index in [0.29, 0.717) is 52.1 Å². The number of benzene rings is 3. The van der Waals surface area contributed by atoms with E-state index in [2.05, 4.69) is 26.3 Å². The highest BCUT2D eigenvalue weighted by Gasteiger charge is 2.31. The number of nitrogens with one attached hydrogen (secondary N) is 5. The summed E-state index contributed by atoms with van der Waals surface area (Å²) >= 11 is 0. The molecule has 0 atom stereocenters. The van der Waals surface area contributed by atoms with Crippen LogP contribution in [0.2, 0.25) is 0 Å². The molecule has 1 aliphatic heterocycles. The highest BCUT2D eigenvalue weighted by Crippen LogP contribution is 2.36. The van der Waals surface area contributed by atoms with Gasteiger partial charge in [0.1, 0.15) is 5.82 Å². The minimum absolute atomic E-state index is 0.221. The van der Waals surface area contributed by atoms with Crippen molar-refractivity contribution in [2.75, 3.05) is 21.3 Å². The Morgan fingerprint density at radius 2 is 1.67 bits per heavy atom. The van der Waals surface area contributed by atoms with Crippen LogP contribution >= 0.6 is 0 Å². The van der Waals surface area contributed by atoms with E-state index in [4.69, 9.17) is 0 Å². The summed E-state index contributed by atoms with van der Waals surface area (Å²) in [5, 5.41) is 10.7. The summed E-state index contributed by atoms with van der Waals surface area (Å²) in [6.07, 6.45) is -1.15. The summed E-state index contributed by atoms with van der Waals surface area (Å²) in [6, 6.07) is 15.1. The Morgan fingerprint density at radius 1 is 0.923 bits per heavy atom. The van der Waals surface area contributed by atoms with Crippen molar-refractivity contribution in [1.82, 2.24) is 4.98 Å². The summed E-state index contributed by atoms with van der Waals surface area (Å²) in [5.41, 5.74) is 3.32. The van der Waals surface area contributed by atoms with Crippen molar-refractivity contribution in [3.05, 3.63) is 101 Å². The molecule has 7 nitrogen and oxygen atoms in total. The summed E-state index contributed by atoms with van der Waals surface area (Å²) in [5.74, 6) is -1.22. The second-order valence-electron chi connectivity index (χ2n) is 8.82. The van der Waals surface area contributed by atoms with E-state index < -0.39 is 29.3 Å². The predicted molar refractivity (Wildman–Crippen MR) is 142 cm³/mol. The van der Waals surface area contributed by atoms with Crippen molar-refractivity contribution in [2.24, 2.45) is 0 Å². The van der Waals surface area contributed by atoms with E-state index in [9.17, 15) is 27.2 Å². The topological polar surface area (TPSA) is 98.0 Å². The first-order valence-corrected chi connectivity index (χ1v) is 11.7. The molecule has 11 heteroatoms. The molecule has 0 unspecified atom stereocenters. The van der Waals surface area contributed by atoms with Gasteiger partial charge < -0.3 is 26.3 Å². The number of rotatable bonds is 5. The van der Waals surface area contributed by atoms with Crippen molar-refractivity contribution >= 4 is 52.0 Å². The number of aromatic nitrogens is 1. The number of carbonyl (C=O) groups is 2. The molecule has 2 heterocycles. The first-order chi connectivity index (χ1) is 18.6. The quantitative estimate of drug-likeness (QED) is 0.136. The minimum atomic E-state index is -4.68. The Kier molecular flexibility index (Phi) is 6.57. The van der Waals surface area contributed by atoms with Crippen LogP contribution in [-0.4, -0.2) is 16.9 Å². The first kappa shape index (κ1) is 25.6. The number of fused-ring (bicyclic) bond motifs is 1. The van der Waals surface area contributed by atoms with Gasteiger partial charge in [0.25, 0.3) is 5.91 Å². The molecular formula is C28H21F4N5O2. The monoisotopic (exact) mass is 535 g/mol. The molecule has 3 aromatic carbocycles. The number of halogens is 4. The normalized spacial score (nSPS) is 13.7. The van der Waals surface area contributed by atoms with E-state index in [1.54, 1.807) is 49.5 Å². The number of carbonyl (C=O) groups excluding carboxylic acids is 2. The smallest absolute Gasteiger partial charge is 0.362 e. The Hall–Kier alpha value is -5.06. The number of aromatic amines is 1. The van der Waals surface area contributed by atoms with Crippen LogP contribution in [0.4, 0.5) is 50.8 Å². The fourth-order valence-electron chi connectivity index (χ4n) is 4.08. The van der Waals surface area contributed by atoms with Gasteiger partial charge in [0.05, 0.1) is 22.5 Å². The molecule has 0 saturated heterocycles. The third-order valence-corrected chi connectivity index (χ3v) is 6.04. The lowest BCUT2D eigenvalue weighted by Crippen LogP contribution is -2.21. The molecule has 4 aromatic rings. The predicted octanol–water partition coefficient (Wildman–Crippen LogP) is 7.36. The molecule has 39 heavy (non-hydrogen) atoms. The number of aryl methyl sites for hydroxylation is 1. The lowest BCUT2D eigenvalue weighted by atomic mass is 10.1. The number of alkyl halides is 3. The lowest BCUT2D eigenvalue weighted by molar-refractivity contribution is -0.137. The number of hydrogen-bond donors (Lipinski definition) is 5. The second kappa shape index (κ2) is 10.0. The molecule has 0 saturated carbocycles. The largest absolute Gasteiger partial charge is 0.416 e. The van der Waals surface area contributed by atoms with Crippen molar-refractivity contribution in [3.8, 4) is 0 Å². The van der Waals surface area contributed by atoms with Gasteiger partial charge in [0.2, 0.25) is 0 Å². The third-order valence-electron chi connectivity index (χ3n) is 6.04. The van der Waals surface area contributed by atoms with Gasteiger partial charge in [0, 0.05) is 34.5 Å². The molecule has 198 valence electrons. The highest BCUT2D eigenvalue weighted by molar-refractivity contribution is 6.35. The number of H-pyrrole nitrogens is 1. The summed E-state index contributed by atoms with van der Waals surface area (Å²) in [6.45, 7) is 1.73. The lowest BCUT2D eigenvalue weighted by Gasteiger charge is -2.14. The Labute approximate surface area is 219 Å². The number of urea groups is 1. The molecule has 0 spiro atoms. The molecule has 0 fully saturated rings. The molecule has 1 aliphatic rings. The Morgan fingerprint density at radius 3 is 2.41 bits per heavy atom. The summed E-state index contributed by atoms with van der Waals surface area (Å²) in [7, 11) is 0. The molecule has 0 radical (unpaired) electrons. The van der Waals surface area contributed by atoms with Crippen molar-refractivity contribution in [1.29, 1.82) is 0 Å². The summed E-state index contributed by atoms with van der Waals surface area (Å²) < 4.78 is 52.9. The minimum Gasteiger partial charge on any atom is -0.362 e. The zero-order valence-corrected chi connectivity index (χ0v) is 20.3. The zero-order chi connectivity index (χ0) is 27.7.